The zero-order valence-corrected chi connectivity index (χ0v) is 18.6. The molecule has 2 aromatic carbocycles. The topological polar surface area (TPSA) is 67.6 Å². The van der Waals surface area contributed by atoms with Crippen LogP contribution >= 0.6 is 23.2 Å². The summed E-state index contributed by atoms with van der Waals surface area (Å²) in [5.74, 6) is -0.810. The van der Waals surface area contributed by atoms with Crippen LogP contribution in [0.2, 0.25) is 10.0 Å². The van der Waals surface area contributed by atoms with Gasteiger partial charge in [0.05, 0.1) is 16.5 Å². The van der Waals surface area contributed by atoms with E-state index in [9.17, 15) is 17.6 Å². The SMILES string of the molecule is O=C(c1ccc(-c2cc(Cl)ccc2Cl)o1)N(Cc1ccccc1F)C1CCS(=O)(=O)C1. The van der Waals surface area contributed by atoms with Crippen molar-refractivity contribution in [2.45, 2.75) is 19.0 Å². The molecule has 1 aliphatic heterocycles. The van der Waals surface area contributed by atoms with Crippen molar-refractivity contribution < 1.29 is 22.0 Å². The first-order chi connectivity index (χ1) is 14.7. The Labute approximate surface area is 189 Å². The van der Waals surface area contributed by atoms with Crippen LogP contribution in [0.4, 0.5) is 4.39 Å². The second-order valence-electron chi connectivity index (χ2n) is 7.37. The minimum atomic E-state index is -3.26. The van der Waals surface area contributed by atoms with Crippen molar-refractivity contribution >= 4 is 38.9 Å². The summed E-state index contributed by atoms with van der Waals surface area (Å²) in [5.41, 5.74) is 0.821. The highest BCUT2D eigenvalue weighted by molar-refractivity contribution is 7.91. The molecule has 1 amide bonds. The molecule has 0 aliphatic carbocycles. The largest absolute Gasteiger partial charge is 0.451 e. The molecule has 1 aromatic heterocycles. The number of nitrogens with zero attached hydrogens (tertiary/aromatic N) is 1. The van der Waals surface area contributed by atoms with Crippen molar-refractivity contribution in [2.24, 2.45) is 0 Å². The molecule has 31 heavy (non-hydrogen) atoms. The highest BCUT2D eigenvalue weighted by Crippen LogP contribution is 2.33. The van der Waals surface area contributed by atoms with Gasteiger partial charge in [0.2, 0.25) is 0 Å². The zero-order valence-electron chi connectivity index (χ0n) is 16.2. The number of furan rings is 1. The lowest BCUT2D eigenvalue weighted by Crippen LogP contribution is -2.40. The fourth-order valence-electron chi connectivity index (χ4n) is 3.62. The molecule has 0 radical (unpaired) electrons. The fourth-order valence-corrected chi connectivity index (χ4v) is 5.74. The number of rotatable bonds is 5. The smallest absolute Gasteiger partial charge is 0.290 e. The third-order valence-corrected chi connectivity index (χ3v) is 7.53. The summed E-state index contributed by atoms with van der Waals surface area (Å²) in [7, 11) is -3.26. The molecular weight excluding hydrogens is 464 g/mol. The summed E-state index contributed by atoms with van der Waals surface area (Å²) in [6, 6.07) is 13.5. The molecule has 0 spiro atoms. The monoisotopic (exact) mass is 481 g/mol. The Hall–Kier alpha value is -2.35. The van der Waals surface area contributed by atoms with E-state index in [1.807, 2.05) is 0 Å². The Kier molecular flexibility index (Phi) is 6.10. The van der Waals surface area contributed by atoms with Crippen molar-refractivity contribution in [3.63, 3.8) is 0 Å². The number of benzene rings is 2. The number of sulfone groups is 1. The predicted octanol–water partition coefficient (Wildman–Crippen LogP) is 5.22. The second kappa shape index (κ2) is 8.65. The summed E-state index contributed by atoms with van der Waals surface area (Å²) in [5, 5.41) is 0.865. The van der Waals surface area contributed by atoms with Crippen LogP contribution in [0.1, 0.15) is 22.5 Å². The third-order valence-electron chi connectivity index (χ3n) is 5.22. The lowest BCUT2D eigenvalue weighted by molar-refractivity contribution is 0.0647. The summed E-state index contributed by atoms with van der Waals surface area (Å²) in [4.78, 5) is 14.7. The fraction of sp³-hybridized carbons (Fsp3) is 0.227. The number of carbonyl (C=O) groups excluding carboxylic acids is 1. The highest BCUT2D eigenvalue weighted by atomic mass is 35.5. The Bertz CT molecular complexity index is 1240. The normalized spacial score (nSPS) is 17.6. The average Bonchev–Trinajstić information content (AvgIpc) is 3.35. The summed E-state index contributed by atoms with van der Waals surface area (Å²) < 4.78 is 44.0. The van der Waals surface area contributed by atoms with Crippen molar-refractivity contribution in [3.8, 4) is 11.3 Å². The summed E-state index contributed by atoms with van der Waals surface area (Å²) in [6.07, 6.45) is 0.288. The van der Waals surface area contributed by atoms with Crippen LogP contribution in [0, 0.1) is 5.82 Å². The van der Waals surface area contributed by atoms with Gasteiger partial charge >= 0.3 is 0 Å². The highest BCUT2D eigenvalue weighted by Gasteiger charge is 2.36. The molecule has 5 nitrogen and oxygen atoms in total. The Balaban J connectivity index is 1.67. The standard InChI is InChI=1S/C22H18Cl2FNO4S/c23-15-5-6-18(24)17(11-15)20-7-8-21(30-20)22(27)26(16-9-10-31(28,29)13-16)12-14-3-1-2-4-19(14)25/h1-8,11,16H,9-10,12-13H2. The lowest BCUT2D eigenvalue weighted by Gasteiger charge is -2.27. The van der Waals surface area contributed by atoms with Crippen LogP contribution in [0.3, 0.4) is 0 Å². The van der Waals surface area contributed by atoms with Gasteiger partial charge in [-0.1, -0.05) is 41.4 Å². The quantitative estimate of drug-likeness (QED) is 0.500. The van der Waals surface area contributed by atoms with E-state index in [-0.39, 0.29) is 30.2 Å². The number of amides is 1. The van der Waals surface area contributed by atoms with Crippen molar-refractivity contribution in [3.05, 3.63) is 81.8 Å². The van der Waals surface area contributed by atoms with Crippen molar-refractivity contribution in [2.75, 3.05) is 11.5 Å². The summed E-state index contributed by atoms with van der Waals surface area (Å²) >= 11 is 12.3. The molecular formula is C22H18Cl2FNO4S. The minimum Gasteiger partial charge on any atom is -0.451 e. The van der Waals surface area contributed by atoms with Crippen LogP contribution in [-0.2, 0) is 16.4 Å². The van der Waals surface area contributed by atoms with Crippen LogP contribution in [0.5, 0.6) is 0 Å². The molecule has 1 atom stereocenters. The van der Waals surface area contributed by atoms with Gasteiger partial charge in [-0.3, -0.25) is 4.79 Å². The first-order valence-electron chi connectivity index (χ1n) is 9.53. The van der Waals surface area contributed by atoms with E-state index in [2.05, 4.69) is 0 Å². The Morgan fingerprint density at radius 2 is 1.90 bits per heavy atom. The van der Waals surface area contributed by atoms with E-state index in [4.69, 9.17) is 27.6 Å². The maximum Gasteiger partial charge on any atom is 0.290 e. The first kappa shape index (κ1) is 21.9. The predicted molar refractivity (Wildman–Crippen MR) is 117 cm³/mol. The van der Waals surface area contributed by atoms with E-state index in [0.717, 1.165) is 0 Å². The molecule has 3 aromatic rings. The molecule has 0 saturated carbocycles. The van der Waals surface area contributed by atoms with Gasteiger partial charge in [-0.15, -0.1) is 0 Å². The Morgan fingerprint density at radius 3 is 2.61 bits per heavy atom. The molecule has 1 aliphatic rings. The first-order valence-corrected chi connectivity index (χ1v) is 12.1. The third kappa shape index (κ3) is 4.79. The number of halogens is 3. The van der Waals surface area contributed by atoms with Gasteiger partial charge in [0.25, 0.3) is 5.91 Å². The molecule has 0 bridgehead atoms. The number of carbonyl (C=O) groups is 1. The van der Waals surface area contributed by atoms with Crippen LogP contribution in [0.25, 0.3) is 11.3 Å². The molecule has 1 fully saturated rings. The van der Waals surface area contributed by atoms with Crippen LogP contribution < -0.4 is 0 Å². The van der Waals surface area contributed by atoms with Gasteiger partial charge in [-0.25, -0.2) is 12.8 Å². The van der Waals surface area contributed by atoms with Crippen LogP contribution in [0.15, 0.2) is 59.0 Å². The van der Waals surface area contributed by atoms with Gasteiger partial charge in [-0.05, 0) is 42.8 Å². The molecule has 4 rings (SSSR count). The average molecular weight is 482 g/mol. The van der Waals surface area contributed by atoms with E-state index >= 15 is 0 Å². The van der Waals surface area contributed by atoms with Gasteiger partial charge < -0.3 is 9.32 Å². The zero-order chi connectivity index (χ0) is 22.2. The van der Waals surface area contributed by atoms with Crippen LogP contribution in [-0.4, -0.2) is 36.8 Å². The maximum atomic E-state index is 14.3. The maximum absolute atomic E-state index is 14.3. The van der Waals surface area contributed by atoms with Crippen molar-refractivity contribution in [1.82, 2.24) is 4.90 Å². The van der Waals surface area contributed by atoms with Gasteiger partial charge in [-0.2, -0.15) is 0 Å². The van der Waals surface area contributed by atoms with Gasteiger partial charge in [0.1, 0.15) is 11.6 Å². The molecule has 9 heteroatoms. The Morgan fingerprint density at radius 1 is 1.13 bits per heavy atom. The molecule has 1 unspecified atom stereocenters. The number of hydrogen-bond donors (Lipinski definition) is 0. The lowest BCUT2D eigenvalue weighted by atomic mass is 10.1. The van der Waals surface area contributed by atoms with Gasteiger partial charge in [0.15, 0.2) is 15.6 Å². The van der Waals surface area contributed by atoms with E-state index in [1.165, 1.54) is 17.0 Å². The number of hydrogen-bond acceptors (Lipinski definition) is 4. The molecule has 162 valence electrons. The molecule has 2 heterocycles. The van der Waals surface area contributed by atoms with E-state index in [1.54, 1.807) is 42.5 Å². The second-order valence-corrected chi connectivity index (χ2v) is 10.4. The molecule has 0 N–H and O–H groups in total. The van der Waals surface area contributed by atoms with Crippen molar-refractivity contribution in [1.29, 1.82) is 0 Å². The van der Waals surface area contributed by atoms with E-state index in [0.29, 0.717) is 26.9 Å². The minimum absolute atomic E-state index is 0.00618. The summed E-state index contributed by atoms with van der Waals surface area (Å²) in [6.45, 7) is -0.0698. The van der Waals surface area contributed by atoms with E-state index < -0.39 is 27.6 Å². The molecule has 1 saturated heterocycles. The van der Waals surface area contributed by atoms with Gasteiger partial charge in [0, 0.05) is 28.7 Å².